The molecule has 0 fully saturated rings. The van der Waals surface area contributed by atoms with E-state index in [2.05, 4.69) is 4.18 Å². The Hall–Kier alpha value is -1.98. The number of benzene rings is 1. The molecule has 0 radical (unpaired) electrons. The number of amides is 1. The van der Waals surface area contributed by atoms with E-state index in [1.807, 2.05) is 0 Å². The number of nitrogens with zero attached hydrogens (tertiary/aromatic N) is 1. The first-order chi connectivity index (χ1) is 10.7. The fourth-order valence-corrected chi connectivity index (χ4v) is 2.67. The second kappa shape index (κ2) is 5.53. The van der Waals surface area contributed by atoms with Gasteiger partial charge in [0, 0.05) is 19.2 Å². The molecule has 0 aromatic heterocycles. The molecule has 1 amide bonds. The zero-order valence-electron chi connectivity index (χ0n) is 11.8. The second-order valence-corrected chi connectivity index (χ2v) is 6.42. The zero-order valence-corrected chi connectivity index (χ0v) is 12.6. The van der Waals surface area contributed by atoms with Crippen LogP contribution in [0.2, 0.25) is 0 Å². The lowest BCUT2D eigenvalue weighted by molar-refractivity contribution is -0.138. The van der Waals surface area contributed by atoms with E-state index < -0.39 is 39.0 Å². The number of anilines is 1. The van der Waals surface area contributed by atoms with Gasteiger partial charge in [-0.25, -0.2) is 0 Å². The van der Waals surface area contributed by atoms with Crippen molar-refractivity contribution in [1.82, 2.24) is 0 Å². The van der Waals surface area contributed by atoms with E-state index in [1.54, 1.807) is 0 Å². The summed E-state index contributed by atoms with van der Waals surface area (Å²) in [4.78, 5) is 12.4. The Labute approximate surface area is 131 Å². The monoisotopic (exact) mass is 377 g/mol. The van der Waals surface area contributed by atoms with E-state index in [-0.39, 0.29) is 24.2 Å². The lowest BCUT2D eigenvalue weighted by Gasteiger charge is -2.19. The van der Waals surface area contributed by atoms with Gasteiger partial charge in [0.05, 0.1) is 0 Å². The topological polar surface area (TPSA) is 63.7 Å². The SMILES string of the molecule is CC(=O)N1CCc2cc(OS(=O)(=O)C(F)(F)F)c(C(F)(F)F)cc21. The average molecular weight is 377 g/mol. The lowest BCUT2D eigenvalue weighted by atomic mass is 10.1. The van der Waals surface area contributed by atoms with Gasteiger partial charge in [0.15, 0.2) is 5.75 Å². The summed E-state index contributed by atoms with van der Waals surface area (Å²) in [7, 11) is -6.26. The molecule has 1 aliphatic rings. The first-order valence-corrected chi connectivity index (χ1v) is 7.68. The largest absolute Gasteiger partial charge is 0.534 e. The summed E-state index contributed by atoms with van der Waals surface area (Å²) in [6.07, 6.45) is -5.13. The molecule has 24 heavy (non-hydrogen) atoms. The Balaban J connectivity index is 2.60. The van der Waals surface area contributed by atoms with Crippen molar-refractivity contribution in [3.8, 4) is 5.75 Å². The van der Waals surface area contributed by atoms with Crippen LogP contribution in [0.1, 0.15) is 18.1 Å². The van der Waals surface area contributed by atoms with Gasteiger partial charge in [-0.1, -0.05) is 0 Å². The fourth-order valence-electron chi connectivity index (χ4n) is 2.20. The number of carbonyl (C=O) groups excluding carboxylic acids is 1. The third-order valence-electron chi connectivity index (χ3n) is 3.24. The first kappa shape index (κ1) is 18.4. The van der Waals surface area contributed by atoms with Gasteiger partial charge < -0.3 is 9.08 Å². The third-order valence-corrected chi connectivity index (χ3v) is 4.21. The van der Waals surface area contributed by atoms with Crippen molar-refractivity contribution < 1.29 is 43.7 Å². The van der Waals surface area contributed by atoms with Crippen molar-refractivity contribution in [3.05, 3.63) is 23.3 Å². The first-order valence-electron chi connectivity index (χ1n) is 6.27. The summed E-state index contributed by atoms with van der Waals surface area (Å²) >= 11 is 0. The smallest absolute Gasteiger partial charge is 0.375 e. The highest BCUT2D eigenvalue weighted by atomic mass is 32.2. The maximum absolute atomic E-state index is 13.1. The number of rotatable bonds is 2. The van der Waals surface area contributed by atoms with Gasteiger partial charge >= 0.3 is 21.8 Å². The van der Waals surface area contributed by atoms with Gasteiger partial charge in [0.1, 0.15) is 5.56 Å². The Morgan fingerprint density at radius 3 is 2.21 bits per heavy atom. The third kappa shape index (κ3) is 3.28. The molecule has 5 nitrogen and oxygen atoms in total. The van der Waals surface area contributed by atoms with Crippen molar-refractivity contribution in [2.75, 3.05) is 11.4 Å². The fraction of sp³-hybridized carbons (Fsp3) is 0.417. The van der Waals surface area contributed by atoms with Crippen LogP contribution in [0.5, 0.6) is 5.75 Å². The van der Waals surface area contributed by atoms with Gasteiger partial charge in [0.25, 0.3) is 0 Å². The predicted octanol–water partition coefficient (Wildman–Crippen LogP) is 2.84. The standard InChI is InChI=1S/C12H9F6NO4S/c1-6(20)19-3-2-7-4-10(23-24(21,22)12(16,17)18)8(5-9(7)19)11(13,14)15/h4-5H,2-3H2,1H3. The van der Waals surface area contributed by atoms with Crippen molar-refractivity contribution in [3.63, 3.8) is 0 Å². The minimum absolute atomic E-state index is 0.0252. The molecule has 134 valence electrons. The molecular formula is C12H9F6NO4S. The van der Waals surface area contributed by atoms with Crippen molar-refractivity contribution in [2.24, 2.45) is 0 Å². The predicted molar refractivity (Wildman–Crippen MR) is 68.8 cm³/mol. The lowest BCUT2D eigenvalue weighted by Crippen LogP contribution is -2.29. The molecule has 0 N–H and O–H groups in total. The number of halogens is 6. The molecule has 0 spiro atoms. The number of carbonyl (C=O) groups is 1. The van der Waals surface area contributed by atoms with Crippen molar-refractivity contribution >= 4 is 21.7 Å². The minimum atomic E-state index is -6.26. The van der Waals surface area contributed by atoms with Crippen LogP contribution in [0.25, 0.3) is 0 Å². The zero-order chi connectivity index (χ0) is 18.5. The average Bonchev–Trinajstić information content (AvgIpc) is 2.77. The maximum Gasteiger partial charge on any atom is 0.534 e. The Kier molecular flexibility index (Phi) is 4.23. The summed E-state index contributed by atoms with van der Waals surface area (Å²) in [6, 6.07) is 0.968. The molecule has 1 aliphatic heterocycles. The summed E-state index contributed by atoms with van der Waals surface area (Å²) in [6.45, 7) is 1.14. The van der Waals surface area contributed by atoms with E-state index in [1.165, 1.54) is 0 Å². The Morgan fingerprint density at radius 2 is 1.75 bits per heavy atom. The molecule has 1 aromatic rings. The van der Waals surface area contributed by atoms with Crippen molar-refractivity contribution in [2.45, 2.75) is 25.0 Å². The summed E-state index contributed by atoms with van der Waals surface area (Å²) in [5, 5.41) is 0. The van der Waals surface area contributed by atoms with Crippen LogP contribution in [-0.4, -0.2) is 26.4 Å². The second-order valence-electron chi connectivity index (χ2n) is 4.88. The number of alkyl halides is 6. The van der Waals surface area contributed by atoms with Crippen molar-refractivity contribution in [1.29, 1.82) is 0 Å². The van der Waals surface area contributed by atoms with Gasteiger partial charge in [-0.05, 0) is 24.1 Å². The maximum atomic E-state index is 13.1. The number of hydrogen-bond donors (Lipinski definition) is 0. The van der Waals surface area contributed by atoms with Gasteiger partial charge in [0.2, 0.25) is 5.91 Å². The molecule has 1 heterocycles. The summed E-state index contributed by atoms with van der Waals surface area (Å²) < 4.78 is 102. The molecular weight excluding hydrogens is 368 g/mol. The molecule has 2 rings (SSSR count). The van der Waals surface area contributed by atoms with Gasteiger partial charge in [-0.15, -0.1) is 0 Å². The highest BCUT2D eigenvalue weighted by Gasteiger charge is 2.50. The molecule has 0 atom stereocenters. The van der Waals surface area contributed by atoms with E-state index >= 15 is 0 Å². The minimum Gasteiger partial charge on any atom is -0.375 e. The van der Waals surface area contributed by atoms with Crippen LogP contribution < -0.4 is 9.08 Å². The molecule has 0 saturated carbocycles. The highest BCUT2D eigenvalue weighted by Crippen LogP contribution is 2.43. The van der Waals surface area contributed by atoms with E-state index in [9.17, 15) is 39.6 Å². The van der Waals surface area contributed by atoms with Crippen LogP contribution >= 0.6 is 0 Å². The van der Waals surface area contributed by atoms with Crippen LogP contribution in [0, 0.1) is 0 Å². The van der Waals surface area contributed by atoms with Crippen LogP contribution in [0.4, 0.5) is 32.0 Å². The van der Waals surface area contributed by atoms with E-state index in [4.69, 9.17) is 0 Å². The molecule has 12 heteroatoms. The Morgan fingerprint density at radius 1 is 1.17 bits per heavy atom. The highest BCUT2D eigenvalue weighted by molar-refractivity contribution is 7.88. The molecule has 0 unspecified atom stereocenters. The summed E-state index contributed by atoms with van der Waals surface area (Å²) in [5.74, 6) is -2.04. The number of hydrogen-bond acceptors (Lipinski definition) is 4. The van der Waals surface area contributed by atoms with Crippen LogP contribution in [-0.2, 0) is 27.5 Å². The molecule has 0 saturated heterocycles. The quantitative estimate of drug-likeness (QED) is 0.452. The Bertz CT molecular complexity index is 784. The normalized spacial score (nSPS) is 15.4. The van der Waals surface area contributed by atoms with Crippen LogP contribution in [0.15, 0.2) is 12.1 Å². The molecule has 0 aliphatic carbocycles. The summed E-state index contributed by atoms with van der Waals surface area (Å²) in [5.41, 5.74) is -7.67. The molecule has 1 aromatic carbocycles. The van der Waals surface area contributed by atoms with E-state index in [0.29, 0.717) is 12.1 Å². The molecule has 0 bridgehead atoms. The van der Waals surface area contributed by atoms with E-state index in [0.717, 1.165) is 11.8 Å². The van der Waals surface area contributed by atoms with Gasteiger partial charge in [-0.3, -0.25) is 4.79 Å². The van der Waals surface area contributed by atoms with Gasteiger partial charge in [-0.2, -0.15) is 34.8 Å². The van der Waals surface area contributed by atoms with Crippen LogP contribution in [0.3, 0.4) is 0 Å². The number of fused-ring (bicyclic) bond motifs is 1.